The molecule has 0 aliphatic carbocycles. The molecule has 0 bridgehead atoms. The van der Waals surface area contributed by atoms with Crippen LogP contribution in [0.25, 0.3) is 11.3 Å². The van der Waals surface area contributed by atoms with Crippen molar-refractivity contribution in [2.24, 2.45) is 0 Å². The van der Waals surface area contributed by atoms with Crippen LogP contribution in [0.2, 0.25) is 0 Å². The number of benzene rings is 1. The van der Waals surface area contributed by atoms with Gasteiger partial charge in [-0.1, -0.05) is 25.8 Å². The molecule has 0 saturated heterocycles. The van der Waals surface area contributed by atoms with E-state index in [9.17, 15) is 0 Å². The normalized spacial score (nSPS) is 10.6. The van der Waals surface area contributed by atoms with Crippen molar-refractivity contribution in [2.75, 3.05) is 25.6 Å². The summed E-state index contributed by atoms with van der Waals surface area (Å²) < 4.78 is 5.67. The number of hydrogen-bond donors (Lipinski definition) is 1. The highest BCUT2D eigenvalue weighted by Crippen LogP contribution is 2.37. The van der Waals surface area contributed by atoms with Crippen molar-refractivity contribution in [1.29, 1.82) is 0 Å². The van der Waals surface area contributed by atoms with E-state index in [0.29, 0.717) is 0 Å². The molecule has 2 rings (SSSR count). The second kappa shape index (κ2) is 7.04. The summed E-state index contributed by atoms with van der Waals surface area (Å²) in [4.78, 5) is 5.53. The van der Waals surface area contributed by atoms with Crippen molar-refractivity contribution in [3.63, 3.8) is 0 Å². The first kappa shape index (κ1) is 14.5. The molecule has 0 aliphatic heterocycles. The van der Waals surface area contributed by atoms with Crippen LogP contribution in [-0.4, -0.2) is 25.7 Å². The van der Waals surface area contributed by atoms with E-state index in [1.807, 2.05) is 12.3 Å². The van der Waals surface area contributed by atoms with Crippen LogP contribution in [0, 0.1) is 0 Å². The number of hydrogen-bond acceptors (Lipinski definition) is 2. The van der Waals surface area contributed by atoms with Crippen LogP contribution in [0.15, 0.2) is 36.5 Å². The molecule has 0 atom stereocenters. The molecular formula is C17H24N2O. The molecular weight excluding hydrogens is 248 g/mol. The lowest BCUT2D eigenvalue weighted by molar-refractivity contribution is 0.416. The molecule has 1 aromatic carbocycles. The second-order valence-corrected chi connectivity index (χ2v) is 5.07. The molecule has 2 aromatic rings. The van der Waals surface area contributed by atoms with Crippen molar-refractivity contribution < 1.29 is 4.74 Å². The van der Waals surface area contributed by atoms with Crippen LogP contribution in [0.4, 0.5) is 5.69 Å². The lowest BCUT2D eigenvalue weighted by Crippen LogP contribution is -2.19. The minimum Gasteiger partial charge on any atom is -0.494 e. The number of anilines is 1. The number of aromatic nitrogens is 1. The summed E-state index contributed by atoms with van der Waals surface area (Å²) in [5, 5.41) is 0. The van der Waals surface area contributed by atoms with Crippen LogP contribution in [-0.2, 0) is 0 Å². The van der Waals surface area contributed by atoms with E-state index in [4.69, 9.17) is 4.74 Å². The Morgan fingerprint density at radius 2 is 2.00 bits per heavy atom. The van der Waals surface area contributed by atoms with Crippen LogP contribution in [0.1, 0.15) is 26.2 Å². The van der Waals surface area contributed by atoms with Gasteiger partial charge in [-0.15, -0.1) is 0 Å². The highest BCUT2D eigenvalue weighted by atomic mass is 16.5. The van der Waals surface area contributed by atoms with Gasteiger partial charge >= 0.3 is 0 Å². The number of H-pyrrole nitrogens is 1. The van der Waals surface area contributed by atoms with Crippen molar-refractivity contribution >= 4 is 5.69 Å². The van der Waals surface area contributed by atoms with E-state index < -0.39 is 0 Å². The molecule has 0 saturated carbocycles. The number of nitrogens with one attached hydrogen (secondary N) is 1. The van der Waals surface area contributed by atoms with E-state index in [2.05, 4.69) is 48.1 Å². The Morgan fingerprint density at radius 1 is 1.15 bits per heavy atom. The third kappa shape index (κ3) is 3.16. The first-order valence-corrected chi connectivity index (χ1v) is 7.29. The summed E-state index contributed by atoms with van der Waals surface area (Å²) in [6.07, 6.45) is 5.66. The maximum Gasteiger partial charge on any atom is 0.151 e. The molecule has 1 N–H and O–H groups in total. The minimum atomic E-state index is 0.939. The first-order chi connectivity index (χ1) is 9.77. The molecule has 20 heavy (non-hydrogen) atoms. The number of aromatic amines is 1. The highest BCUT2D eigenvalue weighted by molar-refractivity contribution is 5.76. The Bertz CT molecular complexity index is 520. The SMILES string of the molecule is CCCCCN(C)c1cccc(-c2ccc[nH]2)c1OC. The minimum absolute atomic E-state index is 0.939. The number of rotatable bonds is 7. The van der Waals surface area contributed by atoms with Gasteiger partial charge in [0, 0.05) is 31.0 Å². The zero-order valence-corrected chi connectivity index (χ0v) is 12.6. The summed E-state index contributed by atoms with van der Waals surface area (Å²) in [6.45, 7) is 3.28. The molecule has 0 unspecified atom stereocenters. The molecule has 108 valence electrons. The third-order valence-corrected chi connectivity index (χ3v) is 3.59. The van der Waals surface area contributed by atoms with Gasteiger partial charge in [-0.3, -0.25) is 0 Å². The maximum atomic E-state index is 5.67. The van der Waals surface area contributed by atoms with E-state index in [1.54, 1.807) is 7.11 Å². The van der Waals surface area contributed by atoms with E-state index in [-0.39, 0.29) is 0 Å². The number of ether oxygens (including phenoxy) is 1. The Hall–Kier alpha value is -1.90. The largest absolute Gasteiger partial charge is 0.494 e. The van der Waals surface area contributed by atoms with Crippen LogP contribution < -0.4 is 9.64 Å². The van der Waals surface area contributed by atoms with Gasteiger partial charge in [0.2, 0.25) is 0 Å². The summed E-state index contributed by atoms with van der Waals surface area (Å²) in [7, 11) is 3.87. The lowest BCUT2D eigenvalue weighted by atomic mass is 10.1. The number of nitrogens with zero attached hydrogens (tertiary/aromatic N) is 1. The smallest absolute Gasteiger partial charge is 0.151 e. The molecule has 0 spiro atoms. The predicted molar refractivity (Wildman–Crippen MR) is 85.6 cm³/mol. The zero-order valence-electron chi connectivity index (χ0n) is 12.6. The van der Waals surface area contributed by atoms with Gasteiger partial charge < -0.3 is 14.6 Å². The van der Waals surface area contributed by atoms with Crippen LogP contribution in [0.5, 0.6) is 5.75 Å². The van der Waals surface area contributed by atoms with E-state index in [0.717, 1.165) is 29.2 Å². The van der Waals surface area contributed by atoms with Gasteiger partial charge in [-0.05, 0) is 30.7 Å². The molecule has 3 nitrogen and oxygen atoms in total. The molecule has 0 fully saturated rings. The molecule has 0 amide bonds. The quantitative estimate of drug-likeness (QED) is 0.760. The fraction of sp³-hybridized carbons (Fsp3) is 0.412. The number of methoxy groups -OCH3 is 1. The van der Waals surface area contributed by atoms with Gasteiger partial charge in [0.25, 0.3) is 0 Å². The Morgan fingerprint density at radius 3 is 2.65 bits per heavy atom. The van der Waals surface area contributed by atoms with Gasteiger partial charge in [-0.2, -0.15) is 0 Å². The molecule has 3 heteroatoms. The van der Waals surface area contributed by atoms with Crippen LogP contribution in [0.3, 0.4) is 0 Å². The predicted octanol–water partition coefficient (Wildman–Crippen LogP) is 4.32. The summed E-state index contributed by atoms with van der Waals surface area (Å²) in [5.41, 5.74) is 3.35. The lowest BCUT2D eigenvalue weighted by Gasteiger charge is -2.23. The first-order valence-electron chi connectivity index (χ1n) is 7.29. The third-order valence-electron chi connectivity index (χ3n) is 3.59. The van der Waals surface area contributed by atoms with Crippen molar-refractivity contribution in [2.45, 2.75) is 26.2 Å². The molecule has 1 heterocycles. The van der Waals surface area contributed by atoms with Crippen molar-refractivity contribution in [3.05, 3.63) is 36.5 Å². The van der Waals surface area contributed by atoms with Gasteiger partial charge in [0.1, 0.15) is 0 Å². The van der Waals surface area contributed by atoms with Gasteiger partial charge in [0.05, 0.1) is 12.8 Å². The van der Waals surface area contributed by atoms with Gasteiger partial charge in [0.15, 0.2) is 5.75 Å². The Balaban J connectivity index is 2.27. The zero-order chi connectivity index (χ0) is 14.4. The topological polar surface area (TPSA) is 28.3 Å². The molecule has 0 aliphatic rings. The molecule has 0 radical (unpaired) electrons. The summed E-state index contributed by atoms with van der Waals surface area (Å²) in [5.74, 6) is 0.939. The van der Waals surface area contributed by atoms with Crippen molar-refractivity contribution in [1.82, 2.24) is 4.98 Å². The van der Waals surface area contributed by atoms with E-state index >= 15 is 0 Å². The average Bonchev–Trinajstić information content (AvgIpc) is 3.00. The number of para-hydroxylation sites is 1. The maximum absolute atomic E-state index is 5.67. The van der Waals surface area contributed by atoms with Crippen molar-refractivity contribution in [3.8, 4) is 17.0 Å². The fourth-order valence-corrected chi connectivity index (χ4v) is 2.47. The summed E-state index contributed by atoms with van der Waals surface area (Å²) in [6, 6.07) is 10.4. The monoisotopic (exact) mass is 272 g/mol. The fourth-order valence-electron chi connectivity index (χ4n) is 2.47. The standard InChI is InChI=1S/C17H24N2O/c1-4-5-6-13-19(2)16-11-7-9-14(17(16)20-3)15-10-8-12-18-15/h7-12,18H,4-6,13H2,1-3H3. The average molecular weight is 272 g/mol. The van der Waals surface area contributed by atoms with Crippen LogP contribution >= 0.6 is 0 Å². The molecule has 1 aromatic heterocycles. The van der Waals surface area contributed by atoms with E-state index in [1.165, 1.54) is 19.3 Å². The Labute approximate surface area is 121 Å². The second-order valence-electron chi connectivity index (χ2n) is 5.07. The highest BCUT2D eigenvalue weighted by Gasteiger charge is 2.14. The van der Waals surface area contributed by atoms with Gasteiger partial charge in [-0.25, -0.2) is 0 Å². The summed E-state index contributed by atoms with van der Waals surface area (Å²) >= 11 is 0. The number of unbranched alkanes of at least 4 members (excludes halogenated alkanes) is 2. The Kier molecular flexibility index (Phi) is 5.10.